The van der Waals surface area contributed by atoms with Crippen LogP contribution < -0.4 is 0 Å². The number of aliphatic hydroxyl groups is 1. The van der Waals surface area contributed by atoms with Gasteiger partial charge in [0.25, 0.3) is 0 Å². The van der Waals surface area contributed by atoms with Crippen LogP contribution in [0.1, 0.15) is 30.4 Å². The van der Waals surface area contributed by atoms with Crippen LogP contribution in [-0.4, -0.2) is 30.9 Å². The van der Waals surface area contributed by atoms with Gasteiger partial charge in [-0.3, -0.25) is 0 Å². The van der Waals surface area contributed by atoms with Crippen molar-refractivity contribution in [3.05, 3.63) is 28.3 Å². The molecule has 1 N–H and O–H groups in total. The molecule has 0 atom stereocenters. The minimum atomic E-state index is -3.51. The summed E-state index contributed by atoms with van der Waals surface area (Å²) in [5.74, 6) is 0. The first-order valence-corrected chi connectivity index (χ1v) is 8.18. The van der Waals surface area contributed by atoms with Gasteiger partial charge < -0.3 is 5.11 Å². The molecule has 0 saturated carbocycles. The highest BCUT2D eigenvalue weighted by Crippen LogP contribution is 2.28. The van der Waals surface area contributed by atoms with Crippen LogP contribution in [0.4, 0.5) is 0 Å². The van der Waals surface area contributed by atoms with E-state index in [1.54, 1.807) is 13.0 Å². The first kappa shape index (κ1) is 14.8. The maximum absolute atomic E-state index is 12.6. The summed E-state index contributed by atoms with van der Waals surface area (Å²) in [5.41, 5.74) is 1.14. The Kier molecular flexibility index (Phi) is 4.50. The van der Waals surface area contributed by atoms with Crippen LogP contribution in [0.3, 0.4) is 0 Å². The third-order valence-corrected chi connectivity index (χ3v) is 5.78. The zero-order chi connectivity index (χ0) is 14.0. The maximum Gasteiger partial charge on any atom is 0.243 e. The van der Waals surface area contributed by atoms with Gasteiger partial charge in [0.05, 0.1) is 11.5 Å². The van der Waals surface area contributed by atoms with Crippen molar-refractivity contribution >= 4 is 21.6 Å². The quantitative estimate of drug-likeness (QED) is 0.932. The highest BCUT2D eigenvalue weighted by Gasteiger charge is 2.28. The molecule has 0 bridgehead atoms. The van der Waals surface area contributed by atoms with E-state index in [4.69, 9.17) is 11.6 Å². The molecule has 1 heterocycles. The molecule has 1 aromatic carbocycles. The first-order valence-electron chi connectivity index (χ1n) is 6.37. The van der Waals surface area contributed by atoms with E-state index in [2.05, 4.69) is 0 Å². The molecule has 0 unspecified atom stereocenters. The van der Waals surface area contributed by atoms with Gasteiger partial charge in [0.2, 0.25) is 10.0 Å². The number of aliphatic hydroxyl groups excluding tert-OH is 1. The van der Waals surface area contributed by atoms with Gasteiger partial charge in [-0.05, 0) is 43.0 Å². The molecule has 19 heavy (non-hydrogen) atoms. The Labute approximate surface area is 119 Å². The molecule has 1 saturated heterocycles. The van der Waals surface area contributed by atoms with Crippen molar-refractivity contribution in [2.75, 3.05) is 13.1 Å². The number of hydrogen-bond acceptors (Lipinski definition) is 3. The molecule has 0 aromatic heterocycles. The normalized spacial score (nSPS) is 17.6. The summed E-state index contributed by atoms with van der Waals surface area (Å²) < 4.78 is 26.7. The van der Waals surface area contributed by atoms with Crippen molar-refractivity contribution < 1.29 is 13.5 Å². The molecule has 1 fully saturated rings. The summed E-state index contributed by atoms with van der Waals surface area (Å²) >= 11 is 5.95. The summed E-state index contributed by atoms with van der Waals surface area (Å²) in [6.07, 6.45) is 2.86. The number of benzene rings is 1. The van der Waals surface area contributed by atoms with E-state index in [9.17, 15) is 13.5 Å². The molecule has 1 aliphatic rings. The second-order valence-corrected chi connectivity index (χ2v) is 7.15. The van der Waals surface area contributed by atoms with E-state index in [-0.39, 0.29) is 11.5 Å². The number of hydrogen-bond donors (Lipinski definition) is 1. The minimum absolute atomic E-state index is 0.213. The summed E-state index contributed by atoms with van der Waals surface area (Å²) in [5, 5.41) is 9.61. The molecule has 0 spiro atoms. The third-order valence-electron chi connectivity index (χ3n) is 3.54. The number of halogens is 1. The second kappa shape index (κ2) is 5.79. The molecule has 0 amide bonds. The van der Waals surface area contributed by atoms with Gasteiger partial charge in [0, 0.05) is 18.1 Å². The van der Waals surface area contributed by atoms with Gasteiger partial charge in [-0.15, -0.1) is 0 Å². The highest BCUT2D eigenvalue weighted by atomic mass is 35.5. The Hall–Kier alpha value is -0.620. The molecule has 1 aromatic rings. The average molecular weight is 304 g/mol. The van der Waals surface area contributed by atoms with E-state index in [0.29, 0.717) is 29.2 Å². The van der Waals surface area contributed by atoms with E-state index < -0.39 is 10.0 Å². The Morgan fingerprint density at radius 2 is 1.89 bits per heavy atom. The predicted octanol–water partition coefficient (Wildman–Crippen LogP) is 2.32. The second-order valence-electron chi connectivity index (χ2n) is 4.81. The molecule has 6 heteroatoms. The van der Waals surface area contributed by atoms with Crippen LogP contribution in [0.15, 0.2) is 17.0 Å². The fraction of sp³-hybridized carbons (Fsp3) is 0.538. The minimum Gasteiger partial charge on any atom is -0.392 e. The fourth-order valence-corrected chi connectivity index (χ4v) is 4.50. The van der Waals surface area contributed by atoms with Gasteiger partial charge in [-0.2, -0.15) is 4.31 Å². The van der Waals surface area contributed by atoms with Gasteiger partial charge >= 0.3 is 0 Å². The summed E-state index contributed by atoms with van der Waals surface area (Å²) in [4.78, 5) is 0.214. The van der Waals surface area contributed by atoms with Gasteiger partial charge in [-0.25, -0.2) is 8.42 Å². The number of piperidine rings is 1. The topological polar surface area (TPSA) is 57.6 Å². The zero-order valence-corrected chi connectivity index (χ0v) is 12.5. The van der Waals surface area contributed by atoms with Crippen LogP contribution in [0.5, 0.6) is 0 Å². The van der Waals surface area contributed by atoms with Crippen molar-refractivity contribution in [2.24, 2.45) is 0 Å². The van der Waals surface area contributed by atoms with Crippen LogP contribution in [0.25, 0.3) is 0 Å². The molecular weight excluding hydrogens is 286 g/mol. The Morgan fingerprint density at radius 1 is 1.26 bits per heavy atom. The predicted molar refractivity (Wildman–Crippen MR) is 74.7 cm³/mol. The molecule has 0 aliphatic carbocycles. The Balaban J connectivity index is 2.47. The zero-order valence-electron chi connectivity index (χ0n) is 10.9. The maximum atomic E-state index is 12.6. The van der Waals surface area contributed by atoms with E-state index in [0.717, 1.165) is 19.3 Å². The largest absolute Gasteiger partial charge is 0.392 e. The first-order chi connectivity index (χ1) is 8.96. The summed E-state index contributed by atoms with van der Waals surface area (Å²) in [6, 6.07) is 3.08. The van der Waals surface area contributed by atoms with Crippen molar-refractivity contribution in [1.29, 1.82) is 0 Å². The van der Waals surface area contributed by atoms with Crippen LogP contribution >= 0.6 is 11.6 Å². The average Bonchev–Trinajstić information content (AvgIpc) is 2.41. The van der Waals surface area contributed by atoms with E-state index >= 15 is 0 Å². The molecule has 1 aliphatic heterocycles. The SMILES string of the molecule is Cc1c(CO)cc(Cl)cc1S(=O)(=O)N1CCCCC1. The lowest BCUT2D eigenvalue weighted by molar-refractivity contribution is 0.280. The van der Waals surface area contributed by atoms with Gasteiger partial charge in [0.15, 0.2) is 0 Å². The van der Waals surface area contributed by atoms with Crippen molar-refractivity contribution in [2.45, 2.75) is 37.7 Å². The van der Waals surface area contributed by atoms with E-state index in [1.165, 1.54) is 10.4 Å². The number of nitrogens with zero attached hydrogens (tertiary/aromatic N) is 1. The van der Waals surface area contributed by atoms with Crippen LogP contribution in [0.2, 0.25) is 5.02 Å². The van der Waals surface area contributed by atoms with Gasteiger partial charge in [0.1, 0.15) is 0 Å². The lowest BCUT2D eigenvalue weighted by Gasteiger charge is -2.27. The number of rotatable bonds is 3. The van der Waals surface area contributed by atoms with Crippen LogP contribution in [0, 0.1) is 6.92 Å². The monoisotopic (exact) mass is 303 g/mol. The number of sulfonamides is 1. The Morgan fingerprint density at radius 3 is 2.47 bits per heavy atom. The van der Waals surface area contributed by atoms with Crippen molar-refractivity contribution in [3.8, 4) is 0 Å². The van der Waals surface area contributed by atoms with E-state index in [1.807, 2.05) is 0 Å². The van der Waals surface area contributed by atoms with Crippen molar-refractivity contribution in [3.63, 3.8) is 0 Å². The van der Waals surface area contributed by atoms with Crippen molar-refractivity contribution in [1.82, 2.24) is 4.31 Å². The molecule has 2 rings (SSSR count). The summed E-state index contributed by atoms with van der Waals surface area (Å²) in [7, 11) is -3.51. The lowest BCUT2D eigenvalue weighted by Crippen LogP contribution is -2.36. The highest BCUT2D eigenvalue weighted by molar-refractivity contribution is 7.89. The third kappa shape index (κ3) is 2.94. The molecule has 4 nitrogen and oxygen atoms in total. The molecular formula is C13H18ClNO3S. The van der Waals surface area contributed by atoms with Gasteiger partial charge in [-0.1, -0.05) is 18.0 Å². The Bertz CT molecular complexity index is 565. The molecule has 0 radical (unpaired) electrons. The smallest absolute Gasteiger partial charge is 0.243 e. The fourth-order valence-electron chi connectivity index (χ4n) is 2.38. The lowest BCUT2D eigenvalue weighted by atomic mass is 10.1. The standard InChI is InChI=1S/C13H18ClNO3S/c1-10-11(9-16)7-12(14)8-13(10)19(17,18)15-5-3-2-4-6-15/h7-8,16H,2-6,9H2,1H3. The summed E-state index contributed by atoms with van der Waals surface area (Å²) in [6.45, 7) is 2.61. The molecule has 106 valence electrons. The van der Waals surface area contributed by atoms with Crippen LogP contribution in [-0.2, 0) is 16.6 Å².